The molecule has 0 unspecified atom stereocenters. The number of phenols is 3. The number of hydrogen-bond donors (Lipinski definition) is 4. The average molecular weight is 386 g/mol. The van der Waals surface area contributed by atoms with E-state index < -0.39 is 17.2 Å². The summed E-state index contributed by atoms with van der Waals surface area (Å²) < 4.78 is 5.41. The molecule has 0 aromatic heterocycles. The number of rotatable bonds is 5. The van der Waals surface area contributed by atoms with Gasteiger partial charge in [0.25, 0.3) is 11.8 Å². The minimum absolute atomic E-state index is 0.0578. The van der Waals surface area contributed by atoms with Gasteiger partial charge in [0, 0.05) is 24.7 Å². The van der Waals surface area contributed by atoms with Crippen LogP contribution < -0.4 is 10.1 Å². The van der Waals surface area contributed by atoms with Crippen molar-refractivity contribution >= 4 is 11.8 Å². The maximum atomic E-state index is 12.5. The summed E-state index contributed by atoms with van der Waals surface area (Å²) in [5.41, 5.74) is 0.0894. The summed E-state index contributed by atoms with van der Waals surface area (Å²) in [6.07, 6.45) is 1.16. The minimum atomic E-state index is -0.657. The largest absolute Gasteiger partial charge is 0.504 e. The number of aromatic hydroxyl groups is 3. The van der Waals surface area contributed by atoms with E-state index in [2.05, 4.69) is 5.32 Å². The zero-order valence-corrected chi connectivity index (χ0v) is 15.2. The van der Waals surface area contributed by atoms with Crippen LogP contribution in [-0.2, 0) is 4.79 Å². The van der Waals surface area contributed by atoms with Crippen molar-refractivity contribution < 1.29 is 29.6 Å². The van der Waals surface area contributed by atoms with Crippen molar-refractivity contribution in [3.63, 3.8) is 0 Å². The second-order valence-electron chi connectivity index (χ2n) is 6.60. The van der Waals surface area contributed by atoms with Crippen LogP contribution in [0.1, 0.15) is 23.2 Å². The lowest BCUT2D eigenvalue weighted by Crippen LogP contribution is -2.47. The summed E-state index contributed by atoms with van der Waals surface area (Å²) >= 11 is 0. The van der Waals surface area contributed by atoms with Crippen molar-refractivity contribution in [3.8, 4) is 23.0 Å². The van der Waals surface area contributed by atoms with Crippen LogP contribution in [-0.4, -0.2) is 57.8 Å². The van der Waals surface area contributed by atoms with Crippen LogP contribution in [0.4, 0.5) is 0 Å². The van der Waals surface area contributed by atoms with E-state index in [1.54, 1.807) is 17.0 Å². The number of piperidine rings is 1. The average Bonchev–Trinajstić information content (AvgIpc) is 2.71. The van der Waals surface area contributed by atoms with E-state index in [-0.39, 0.29) is 30.0 Å². The Morgan fingerprint density at radius 3 is 2.25 bits per heavy atom. The predicted molar refractivity (Wildman–Crippen MR) is 100 cm³/mol. The molecule has 1 fully saturated rings. The molecule has 1 aliphatic heterocycles. The van der Waals surface area contributed by atoms with E-state index in [0.29, 0.717) is 31.7 Å². The molecule has 1 saturated heterocycles. The number of carbonyl (C=O) groups is 2. The van der Waals surface area contributed by atoms with E-state index in [4.69, 9.17) is 4.74 Å². The van der Waals surface area contributed by atoms with Gasteiger partial charge in [-0.3, -0.25) is 9.59 Å². The molecule has 8 nitrogen and oxygen atoms in total. The predicted octanol–water partition coefficient (Wildman–Crippen LogP) is 1.60. The monoisotopic (exact) mass is 386 g/mol. The van der Waals surface area contributed by atoms with Crippen LogP contribution in [0.3, 0.4) is 0 Å². The number of hydrogen-bond acceptors (Lipinski definition) is 6. The molecule has 1 heterocycles. The van der Waals surface area contributed by atoms with Gasteiger partial charge in [-0.15, -0.1) is 0 Å². The summed E-state index contributed by atoms with van der Waals surface area (Å²) in [6, 6.07) is 11.2. The first-order chi connectivity index (χ1) is 13.4. The molecule has 0 radical (unpaired) electrons. The molecule has 0 spiro atoms. The number of nitrogens with zero attached hydrogens (tertiary/aromatic N) is 1. The van der Waals surface area contributed by atoms with Crippen LogP contribution in [0.2, 0.25) is 0 Å². The quantitative estimate of drug-likeness (QED) is 0.580. The van der Waals surface area contributed by atoms with Crippen LogP contribution >= 0.6 is 0 Å². The Morgan fingerprint density at radius 1 is 1.04 bits per heavy atom. The maximum Gasteiger partial charge on any atom is 0.258 e. The molecule has 0 saturated carbocycles. The molecular formula is C20H22N2O6. The smallest absolute Gasteiger partial charge is 0.258 e. The standard InChI is InChI=1S/C20H22N2O6/c23-16-10-13(11-17(24)19(16)26)20(27)22-8-6-14(7-9-22)21-18(25)12-28-15-4-2-1-3-5-15/h1-5,10-11,14,23-24,26H,6-9,12H2,(H,21,25). The number of amides is 2. The SMILES string of the molecule is O=C(COc1ccccc1)NC1CCN(C(=O)c2cc(O)c(O)c(O)c2)CC1. The third-order valence-corrected chi connectivity index (χ3v) is 4.58. The van der Waals surface area contributed by atoms with Crippen molar-refractivity contribution in [2.24, 2.45) is 0 Å². The molecule has 4 N–H and O–H groups in total. The van der Waals surface area contributed by atoms with Crippen LogP contribution in [0.5, 0.6) is 23.0 Å². The van der Waals surface area contributed by atoms with Gasteiger partial charge in [0.1, 0.15) is 5.75 Å². The third-order valence-electron chi connectivity index (χ3n) is 4.58. The van der Waals surface area contributed by atoms with Gasteiger partial charge in [0.05, 0.1) is 0 Å². The zero-order chi connectivity index (χ0) is 20.1. The van der Waals surface area contributed by atoms with E-state index in [1.165, 1.54) is 0 Å². The summed E-state index contributed by atoms with van der Waals surface area (Å²) in [7, 11) is 0. The molecule has 8 heteroatoms. The number of nitrogens with one attached hydrogen (secondary N) is 1. The number of ether oxygens (including phenoxy) is 1. The van der Waals surface area contributed by atoms with E-state index in [1.807, 2.05) is 18.2 Å². The highest BCUT2D eigenvalue weighted by Gasteiger charge is 2.25. The lowest BCUT2D eigenvalue weighted by molar-refractivity contribution is -0.124. The Labute approximate surface area is 162 Å². The van der Waals surface area contributed by atoms with Gasteiger partial charge in [0.15, 0.2) is 23.9 Å². The first-order valence-corrected chi connectivity index (χ1v) is 8.95. The Bertz CT molecular complexity index is 824. The molecule has 0 atom stereocenters. The van der Waals surface area contributed by atoms with Gasteiger partial charge in [-0.1, -0.05) is 18.2 Å². The van der Waals surface area contributed by atoms with Crippen molar-refractivity contribution in [1.82, 2.24) is 10.2 Å². The summed E-state index contributed by atoms with van der Waals surface area (Å²) in [4.78, 5) is 26.1. The first-order valence-electron chi connectivity index (χ1n) is 8.95. The van der Waals surface area contributed by atoms with Gasteiger partial charge >= 0.3 is 0 Å². The third kappa shape index (κ3) is 4.64. The molecule has 0 aliphatic carbocycles. The molecule has 28 heavy (non-hydrogen) atoms. The van der Waals surface area contributed by atoms with Gasteiger partial charge in [-0.2, -0.15) is 0 Å². The van der Waals surface area contributed by atoms with Gasteiger partial charge in [-0.05, 0) is 37.1 Å². The molecule has 1 aliphatic rings. The van der Waals surface area contributed by atoms with Crippen molar-refractivity contribution in [2.75, 3.05) is 19.7 Å². The van der Waals surface area contributed by atoms with Gasteiger partial charge in [0.2, 0.25) is 0 Å². The molecule has 148 valence electrons. The highest BCUT2D eigenvalue weighted by Crippen LogP contribution is 2.35. The fourth-order valence-electron chi connectivity index (χ4n) is 3.07. The molecule has 0 bridgehead atoms. The second kappa shape index (κ2) is 8.51. The second-order valence-corrected chi connectivity index (χ2v) is 6.60. The fourth-order valence-corrected chi connectivity index (χ4v) is 3.07. The lowest BCUT2D eigenvalue weighted by Gasteiger charge is -2.32. The molecule has 2 amide bonds. The molecule has 2 aromatic rings. The summed E-state index contributed by atoms with van der Waals surface area (Å²) in [6.45, 7) is 0.771. The maximum absolute atomic E-state index is 12.5. The van der Waals surface area contributed by atoms with Crippen LogP contribution in [0.25, 0.3) is 0 Å². The van der Waals surface area contributed by atoms with Crippen molar-refractivity contribution in [3.05, 3.63) is 48.0 Å². The van der Waals surface area contributed by atoms with Gasteiger partial charge < -0.3 is 30.3 Å². The first kappa shape index (κ1) is 19.3. The highest BCUT2D eigenvalue weighted by molar-refractivity contribution is 5.95. The fraction of sp³-hybridized carbons (Fsp3) is 0.300. The Balaban J connectivity index is 1.47. The normalized spacial score (nSPS) is 14.5. The number of carbonyl (C=O) groups excluding carboxylic acids is 2. The Morgan fingerprint density at radius 2 is 1.64 bits per heavy atom. The van der Waals surface area contributed by atoms with E-state index in [0.717, 1.165) is 12.1 Å². The number of benzene rings is 2. The molecular weight excluding hydrogens is 364 g/mol. The molecule has 3 rings (SSSR count). The number of para-hydroxylation sites is 1. The highest BCUT2D eigenvalue weighted by atomic mass is 16.5. The van der Waals surface area contributed by atoms with Gasteiger partial charge in [-0.25, -0.2) is 0 Å². The van der Waals surface area contributed by atoms with Crippen molar-refractivity contribution in [1.29, 1.82) is 0 Å². The van der Waals surface area contributed by atoms with E-state index in [9.17, 15) is 24.9 Å². The summed E-state index contributed by atoms with van der Waals surface area (Å²) in [5, 5.41) is 31.4. The zero-order valence-electron chi connectivity index (χ0n) is 15.2. The van der Waals surface area contributed by atoms with Crippen LogP contribution in [0, 0.1) is 0 Å². The topological polar surface area (TPSA) is 119 Å². The summed E-state index contributed by atoms with van der Waals surface area (Å²) in [5.74, 6) is -1.72. The Hall–Kier alpha value is -3.42. The number of phenolic OH excluding ortho intramolecular Hbond substituents is 3. The van der Waals surface area contributed by atoms with E-state index >= 15 is 0 Å². The number of likely N-dealkylation sites (tertiary alicyclic amines) is 1. The minimum Gasteiger partial charge on any atom is -0.504 e. The van der Waals surface area contributed by atoms with Crippen LogP contribution in [0.15, 0.2) is 42.5 Å². The molecule has 2 aromatic carbocycles. The Kier molecular flexibility index (Phi) is 5.88. The lowest BCUT2D eigenvalue weighted by atomic mass is 10.0. The van der Waals surface area contributed by atoms with Crippen molar-refractivity contribution in [2.45, 2.75) is 18.9 Å².